The molecule has 116 valence electrons. The minimum Gasteiger partial charge on any atom is -0.455 e. The van der Waals surface area contributed by atoms with Crippen LogP contribution >= 0.6 is 0 Å². The second-order valence-corrected chi connectivity index (χ2v) is 7.65. The molecule has 3 N–H and O–H groups in total. The van der Waals surface area contributed by atoms with E-state index in [9.17, 15) is 13.2 Å². The fourth-order valence-electron chi connectivity index (χ4n) is 2.92. The van der Waals surface area contributed by atoms with Gasteiger partial charge in [0.2, 0.25) is 10.0 Å². The van der Waals surface area contributed by atoms with Gasteiger partial charge in [-0.1, -0.05) is 0 Å². The lowest BCUT2D eigenvalue weighted by Gasteiger charge is -2.15. The summed E-state index contributed by atoms with van der Waals surface area (Å²) in [4.78, 5) is 12.0. The van der Waals surface area contributed by atoms with E-state index < -0.39 is 10.0 Å². The highest BCUT2D eigenvalue weighted by atomic mass is 32.2. The Labute approximate surface area is 124 Å². The van der Waals surface area contributed by atoms with Crippen LogP contribution in [0.4, 0.5) is 0 Å². The quantitative estimate of drug-likeness (QED) is 0.828. The highest BCUT2D eigenvalue weighted by molar-refractivity contribution is 7.89. The van der Waals surface area contributed by atoms with E-state index in [2.05, 4.69) is 5.32 Å². The van der Waals surface area contributed by atoms with Crippen LogP contribution in [0.3, 0.4) is 0 Å². The molecule has 6 nitrogen and oxygen atoms in total. The lowest BCUT2D eigenvalue weighted by Crippen LogP contribution is -2.30. The van der Waals surface area contributed by atoms with Crippen molar-refractivity contribution in [3.05, 3.63) is 17.6 Å². The Morgan fingerprint density at radius 1 is 1.38 bits per heavy atom. The SMILES string of the molecule is Cc1oc(C(=O)NCC(C2CC2)C2CC2)cc1S(N)(=O)=O. The number of carbonyl (C=O) groups excluding carboxylic acids is 1. The molecule has 0 spiro atoms. The summed E-state index contributed by atoms with van der Waals surface area (Å²) in [6, 6.07) is 1.20. The molecular formula is C14H20N2O4S. The predicted molar refractivity (Wildman–Crippen MR) is 76.1 cm³/mol. The summed E-state index contributed by atoms with van der Waals surface area (Å²) in [6.07, 6.45) is 5.03. The maximum atomic E-state index is 12.1. The second-order valence-electron chi connectivity index (χ2n) is 6.12. The van der Waals surface area contributed by atoms with E-state index in [0.717, 1.165) is 11.8 Å². The topological polar surface area (TPSA) is 102 Å². The third-order valence-electron chi connectivity index (χ3n) is 4.36. The zero-order chi connectivity index (χ0) is 15.2. The van der Waals surface area contributed by atoms with Crippen LogP contribution in [-0.2, 0) is 10.0 Å². The van der Waals surface area contributed by atoms with Gasteiger partial charge in [-0.05, 0) is 50.4 Å². The maximum Gasteiger partial charge on any atom is 0.287 e. The van der Waals surface area contributed by atoms with E-state index in [1.54, 1.807) is 0 Å². The Balaban J connectivity index is 1.65. The molecule has 2 fully saturated rings. The van der Waals surface area contributed by atoms with Crippen molar-refractivity contribution in [3.8, 4) is 0 Å². The van der Waals surface area contributed by atoms with Crippen molar-refractivity contribution in [2.75, 3.05) is 6.54 Å². The van der Waals surface area contributed by atoms with Crippen molar-refractivity contribution >= 4 is 15.9 Å². The summed E-state index contributed by atoms with van der Waals surface area (Å²) >= 11 is 0. The second kappa shape index (κ2) is 5.14. The van der Waals surface area contributed by atoms with Crippen molar-refractivity contribution in [1.29, 1.82) is 0 Å². The van der Waals surface area contributed by atoms with E-state index in [0.29, 0.717) is 12.5 Å². The first-order chi connectivity index (χ1) is 9.86. The van der Waals surface area contributed by atoms with E-state index in [1.165, 1.54) is 38.7 Å². The van der Waals surface area contributed by atoms with Gasteiger partial charge in [-0.3, -0.25) is 4.79 Å². The molecule has 0 aliphatic heterocycles. The van der Waals surface area contributed by atoms with E-state index in [1.807, 2.05) is 0 Å². The molecule has 1 heterocycles. The van der Waals surface area contributed by atoms with Crippen LogP contribution in [0.25, 0.3) is 0 Å². The number of sulfonamides is 1. The average molecular weight is 312 g/mol. The Kier molecular flexibility index (Phi) is 3.57. The fourth-order valence-corrected chi connectivity index (χ4v) is 3.64. The summed E-state index contributed by atoms with van der Waals surface area (Å²) in [5, 5.41) is 7.94. The smallest absolute Gasteiger partial charge is 0.287 e. The Hall–Kier alpha value is -1.34. The van der Waals surface area contributed by atoms with Gasteiger partial charge < -0.3 is 9.73 Å². The van der Waals surface area contributed by atoms with E-state index >= 15 is 0 Å². The fraction of sp³-hybridized carbons (Fsp3) is 0.643. The van der Waals surface area contributed by atoms with Gasteiger partial charge in [-0.25, -0.2) is 13.6 Å². The number of amides is 1. The van der Waals surface area contributed by atoms with Crippen LogP contribution in [0, 0.1) is 24.7 Å². The van der Waals surface area contributed by atoms with Gasteiger partial charge in [0.1, 0.15) is 10.7 Å². The molecule has 0 bridgehead atoms. The maximum absolute atomic E-state index is 12.1. The van der Waals surface area contributed by atoms with Gasteiger partial charge in [-0.2, -0.15) is 0 Å². The van der Waals surface area contributed by atoms with Gasteiger partial charge in [-0.15, -0.1) is 0 Å². The Morgan fingerprint density at radius 2 is 1.95 bits per heavy atom. The summed E-state index contributed by atoms with van der Waals surface area (Å²) < 4.78 is 27.9. The number of hydrogen-bond donors (Lipinski definition) is 2. The van der Waals surface area contributed by atoms with Crippen molar-refractivity contribution in [2.45, 2.75) is 37.5 Å². The number of primary sulfonamides is 1. The summed E-state index contributed by atoms with van der Waals surface area (Å²) in [5.41, 5.74) is 0. The van der Waals surface area contributed by atoms with E-state index in [-0.39, 0.29) is 22.3 Å². The minimum atomic E-state index is -3.86. The number of furan rings is 1. The molecule has 0 unspecified atom stereocenters. The molecule has 1 amide bonds. The van der Waals surface area contributed by atoms with Crippen molar-refractivity contribution in [3.63, 3.8) is 0 Å². The van der Waals surface area contributed by atoms with Crippen LogP contribution in [0.2, 0.25) is 0 Å². The van der Waals surface area contributed by atoms with Crippen LogP contribution in [0.15, 0.2) is 15.4 Å². The molecule has 0 saturated heterocycles. The van der Waals surface area contributed by atoms with Crippen LogP contribution in [-0.4, -0.2) is 20.9 Å². The molecule has 1 aromatic rings. The largest absolute Gasteiger partial charge is 0.455 e. The monoisotopic (exact) mass is 312 g/mol. The van der Waals surface area contributed by atoms with Crippen LogP contribution in [0.1, 0.15) is 42.0 Å². The summed E-state index contributed by atoms with van der Waals surface area (Å²) in [6.45, 7) is 2.12. The zero-order valence-corrected chi connectivity index (χ0v) is 12.8. The molecule has 0 aromatic carbocycles. The van der Waals surface area contributed by atoms with Crippen molar-refractivity contribution in [2.24, 2.45) is 22.9 Å². The molecule has 2 saturated carbocycles. The number of nitrogens with two attached hydrogens (primary N) is 1. The van der Waals surface area contributed by atoms with Gasteiger partial charge in [0.05, 0.1) is 0 Å². The molecule has 2 aliphatic carbocycles. The third kappa shape index (κ3) is 3.29. The van der Waals surface area contributed by atoms with Gasteiger partial charge in [0, 0.05) is 12.6 Å². The third-order valence-corrected chi connectivity index (χ3v) is 5.37. The molecule has 3 rings (SSSR count). The number of aryl methyl sites for hydroxylation is 1. The lowest BCUT2D eigenvalue weighted by atomic mass is 9.98. The summed E-state index contributed by atoms with van der Waals surface area (Å²) in [5.74, 6) is 1.82. The number of rotatable bonds is 6. The zero-order valence-electron chi connectivity index (χ0n) is 12.0. The van der Waals surface area contributed by atoms with Gasteiger partial charge in [0.25, 0.3) is 5.91 Å². The molecular weight excluding hydrogens is 292 g/mol. The molecule has 0 radical (unpaired) electrons. The number of carbonyl (C=O) groups is 1. The highest BCUT2D eigenvalue weighted by Gasteiger charge is 2.41. The molecule has 7 heteroatoms. The first kappa shape index (κ1) is 14.6. The Morgan fingerprint density at radius 3 is 2.38 bits per heavy atom. The molecule has 1 aromatic heterocycles. The van der Waals surface area contributed by atoms with Gasteiger partial charge in [0.15, 0.2) is 5.76 Å². The minimum absolute atomic E-state index is 0.00173. The molecule has 0 atom stereocenters. The number of hydrogen-bond acceptors (Lipinski definition) is 4. The first-order valence-electron chi connectivity index (χ1n) is 7.27. The molecule has 21 heavy (non-hydrogen) atoms. The van der Waals surface area contributed by atoms with Crippen LogP contribution < -0.4 is 10.5 Å². The molecule has 2 aliphatic rings. The summed E-state index contributed by atoms with van der Waals surface area (Å²) in [7, 11) is -3.86. The highest BCUT2D eigenvalue weighted by Crippen LogP contribution is 2.48. The predicted octanol–water partition coefficient (Wildman–Crippen LogP) is 1.40. The number of nitrogens with one attached hydrogen (secondary N) is 1. The lowest BCUT2D eigenvalue weighted by molar-refractivity contribution is 0.0914. The first-order valence-corrected chi connectivity index (χ1v) is 8.82. The average Bonchev–Trinajstić information content (AvgIpc) is 3.28. The van der Waals surface area contributed by atoms with Crippen molar-refractivity contribution in [1.82, 2.24) is 5.32 Å². The Bertz CT molecular complexity index is 645. The van der Waals surface area contributed by atoms with Gasteiger partial charge >= 0.3 is 0 Å². The van der Waals surface area contributed by atoms with Crippen molar-refractivity contribution < 1.29 is 17.6 Å². The normalized spacial score (nSPS) is 19.0. The van der Waals surface area contributed by atoms with Crippen LogP contribution in [0.5, 0.6) is 0 Å². The standard InChI is InChI=1S/C14H20N2O4S/c1-8-13(21(15,18)19)6-12(20-8)14(17)16-7-11(9-2-3-9)10-4-5-10/h6,9-11H,2-5,7H2,1H3,(H,16,17)(H2,15,18,19). The van der Waals surface area contributed by atoms with E-state index in [4.69, 9.17) is 9.56 Å².